The monoisotopic (exact) mass is 1060 g/mol. The van der Waals surface area contributed by atoms with Crippen LogP contribution in [0.15, 0.2) is 63.8 Å². The van der Waals surface area contributed by atoms with E-state index in [1.54, 1.807) is 22.4 Å². The van der Waals surface area contributed by atoms with Crippen LogP contribution in [0.1, 0.15) is 176 Å². The number of allylic oxidation sites excluding steroid dienone is 4. The van der Waals surface area contributed by atoms with E-state index in [1.807, 2.05) is 0 Å². The van der Waals surface area contributed by atoms with Crippen molar-refractivity contribution < 1.29 is 24.2 Å². The highest BCUT2D eigenvalue weighted by atomic mass is 33.1. The number of rotatable bonds is 4. The molecule has 76 heavy (non-hydrogen) atoms. The van der Waals surface area contributed by atoms with Crippen LogP contribution in [0.5, 0.6) is 0 Å². The van der Waals surface area contributed by atoms with Crippen molar-refractivity contribution in [2.24, 2.45) is 98.4 Å². The molecule has 9 aliphatic carbocycles. The quantitative estimate of drug-likeness (QED) is 0.172. The first kappa shape index (κ1) is 47.0. The van der Waals surface area contributed by atoms with Gasteiger partial charge in [0.1, 0.15) is 11.2 Å². The van der Waals surface area contributed by atoms with Crippen molar-refractivity contribution in [1.29, 1.82) is 0 Å². The van der Waals surface area contributed by atoms with Gasteiger partial charge in [0, 0.05) is 77.7 Å². The molecule has 19 atom stereocenters. The van der Waals surface area contributed by atoms with E-state index in [0.717, 1.165) is 67.5 Å². The van der Waals surface area contributed by atoms with E-state index in [-0.39, 0.29) is 47.1 Å². The maximum Gasteiger partial charge on any atom is 0.339 e. The molecule has 17 aliphatic rings. The second kappa shape index (κ2) is 16.1. The van der Waals surface area contributed by atoms with Gasteiger partial charge in [-0.3, -0.25) is 9.69 Å². The van der Waals surface area contributed by atoms with Crippen molar-refractivity contribution in [2.45, 2.75) is 185 Å². The molecule has 1 aromatic rings. The number of esters is 2. The second-order valence-electron chi connectivity index (χ2n) is 29.6. The highest BCUT2D eigenvalue weighted by Gasteiger charge is 2.94. The van der Waals surface area contributed by atoms with E-state index in [2.05, 4.69) is 62.6 Å². The minimum Gasteiger partial charge on any atom is -0.508 e. The molecule has 5 saturated carbocycles. The average Bonchev–Trinajstić information content (AvgIpc) is 2.15. The number of nitrogens with zero attached hydrogens (tertiary/aromatic N) is 2. The molecule has 10 heteroatoms. The summed E-state index contributed by atoms with van der Waals surface area (Å²) < 4.78 is 15.2. The highest BCUT2D eigenvalue weighted by molar-refractivity contribution is 8.76. The molecule has 4 saturated heterocycles. The fourth-order valence-electron chi connectivity index (χ4n) is 25.2. The van der Waals surface area contributed by atoms with Gasteiger partial charge in [-0.2, -0.15) is 0 Å². The zero-order valence-corrected chi connectivity index (χ0v) is 47.0. The predicted molar refractivity (Wildman–Crippen MR) is 297 cm³/mol. The number of aliphatic hydroxyl groups excluding tert-OH is 1. The summed E-state index contributed by atoms with van der Waals surface area (Å²) in [6.07, 6.45) is 30.5. The minimum atomic E-state index is -1.15. The van der Waals surface area contributed by atoms with Crippen LogP contribution in [0.25, 0.3) is 0 Å². The fourth-order valence-corrected chi connectivity index (χ4v) is 28.1. The summed E-state index contributed by atoms with van der Waals surface area (Å²) in [6.45, 7) is 5.55. The zero-order chi connectivity index (χ0) is 50.4. The normalized spacial score (nSPS) is 49.3. The Kier molecular flexibility index (Phi) is 9.95. The standard InChI is InChI=1S/C66H83N3O5S2/c1-35-24-37-13-15-50-41-25-42-32-69(50)57(37)55-45-18-22-64-59(58(70)46-14-16-51(42)68(31-41)56(46)38-17-21-62(28-38)19-4-5-20-62)73-61(72)65(64)52(66(64)49-12-6-9-36(10-7-23-67)53(49)60(71)74-66)27-40-26-47-43(29-63(35,55)30-48(47)54(45)65)34-76-75-33-39-8-2-3-11-44(39)40/h6,9,12,26,35,38-44,46,48,50-52,55-56,70H,2-5,7-8,10-11,13-25,27-34,67H2,1H3. The summed E-state index contributed by atoms with van der Waals surface area (Å²) in [6, 6.07) is 7.85. The maximum atomic E-state index is 17.1. The van der Waals surface area contributed by atoms with Crippen molar-refractivity contribution >= 4 is 33.5 Å². The van der Waals surface area contributed by atoms with Gasteiger partial charge in [-0.15, -0.1) is 0 Å². The Morgan fingerprint density at radius 1 is 0.855 bits per heavy atom. The molecule has 3 N–H and O–H groups in total. The van der Waals surface area contributed by atoms with Crippen molar-refractivity contribution in [3.05, 3.63) is 80.5 Å². The average molecular weight is 1060 g/mol. The lowest BCUT2D eigenvalue weighted by Crippen LogP contribution is -2.78. The molecule has 8 aliphatic heterocycles. The first-order valence-corrected chi connectivity index (χ1v) is 34.3. The summed E-state index contributed by atoms with van der Waals surface area (Å²) in [5, 5.41) is 14.4. The Morgan fingerprint density at radius 3 is 2.62 bits per heavy atom. The Hall–Kier alpha value is -2.66. The Balaban J connectivity index is 0.952. The summed E-state index contributed by atoms with van der Waals surface area (Å²) in [5.74, 6) is 7.14. The molecule has 0 radical (unpaired) electrons. The van der Waals surface area contributed by atoms with E-state index in [1.165, 1.54) is 121 Å². The number of piperidine rings is 3. The number of ether oxygens (including phenoxy) is 2. The van der Waals surface area contributed by atoms with E-state index >= 15 is 9.59 Å². The van der Waals surface area contributed by atoms with Gasteiger partial charge in [-0.05, 0) is 204 Å². The maximum absolute atomic E-state index is 17.1. The van der Waals surface area contributed by atoms with Gasteiger partial charge < -0.3 is 25.2 Å². The summed E-state index contributed by atoms with van der Waals surface area (Å²) in [7, 11) is 4.36. The zero-order valence-electron chi connectivity index (χ0n) is 45.3. The summed E-state index contributed by atoms with van der Waals surface area (Å²) in [5.41, 5.74) is 14.5. The lowest BCUT2D eigenvalue weighted by Gasteiger charge is -2.75. The van der Waals surface area contributed by atoms with E-state index in [0.29, 0.717) is 95.7 Å². The van der Waals surface area contributed by atoms with Gasteiger partial charge in [0.2, 0.25) is 0 Å². The first-order valence-electron chi connectivity index (χ1n) is 31.8. The smallest absolute Gasteiger partial charge is 0.339 e. The third-order valence-corrected chi connectivity index (χ3v) is 30.1. The first-order chi connectivity index (χ1) is 37.1. The Labute approximate surface area is 459 Å². The molecule has 11 bridgehead atoms. The van der Waals surface area contributed by atoms with E-state index in [4.69, 9.17) is 15.2 Å². The van der Waals surface area contributed by atoms with Gasteiger partial charge in [0.05, 0.1) is 11.0 Å². The van der Waals surface area contributed by atoms with Crippen molar-refractivity contribution in [3.8, 4) is 0 Å². The molecular weight excluding hydrogens is 979 g/mol. The van der Waals surface area contributed by atoms with Crippen molar-refractivity contribution in [2.75, 3.05) is 31.1 Å². The number of hydrogen-bond acceptors (Lipinski definition) is 10. The predicted octanol–water partition coefficient (Wildman–Crippen LogP) is 13.0. The Bertz CT molecular complexity index is 2900. The van der Waals surface area contributed by atoms with E-state index in [9.17, 15) is 5.11 Å². The van der Waals surface area contributed by atoms with Crippen LogP contribution in [0.3, 0.4) is 0 Å². The number of hydrogen-bond donors (Lipinski definition) is 2. The number of aliphatic hydroxyl groups is 1. The number of fused-ring (bicyclic) bond motifs is 11. The molecule has 0 amide bonds. The van der Waals surface area contributed by atoms with Gasteiger partial charge in [0.15, 0.2) is 11.4 Å². The number of carbonyl (C=O) groups excluding carboxylic acids is 2. The number of nitrogens with two attached hydrogens (primary N) is 1. The molecule has 8 nitrogen and oxygen atoms in total. The van der Waals surface area contributed by atoms with Crippen molar-refractivity contribution in [1.82, 2.24) is 9.80 Å². The van der Waals surface area contributed by atoms with Crippen LogP contribution in [-0.2, 0) is 26.3 Å². The lowest BCUT2D eigenvalue weighted by atomic mass is 9.26. The minimum absolute atomic E-state index is 0.0998. The third-order valence-electron chi connectivity index (χ3n) is 27.5. The molecule has 0 aromatic heterocycles. The van der Waals surface area contributed by atoms with Gasteiger partial charge >= 0.3 is 11.9 Å². The van der Waals surface area contributed by atoms with Crippen LogP contribution in [0.2, 0.25) is 0 Å². The topological polar surface area (TPSA) is 105 Å². The van der Waals surface area contributed by atoms with Crippen LogP contribution in [0, 0.1) is 92.7 Å². The molecule has 9 fully saturated rings. The molecule has 8 heterocycles. The molecule has 1 aromatic carbocycles. The number of carbonyl (C=O) groups is 2. The second-order valence-corrected chi connectivity index (χ2v) is 32.1. The lowest BCUT2D eigenvalue weighted by molar-refractivity contribution is -0.284. The molecule has 404 valence electrons. The van der Waals surface area contributed by atoms with Crippen LogP contribution in [-0.4, -0.2) is 76.1 Å². The molecular formula is C66H83N3O5S2. The molecule has 5 spiro atoms. The van der Waals surface area contributed by atoms with Gasteiger partial charge in [-0.1, -0.05) is 95.2 Å². The van der Waals surface area contributed by atoms with Crippen LogP contribution in [0.4, 0.5) is 0 Å². The van der Waals surface area contributed by atoms with Crippen LogP contribution < -0.4 is 5.73 Å². The van der Waals surface area contributed by atoms with Crippen molar-refractivity contribution in [3.63, 3.8) is 0 Å². The van der Waals surface area contributed by atoms with E-state index < -0.39 is 16.4 Å². The SMILES string of the molecule is CC1CC2=C3C4C5=C6C7CC14CC1CSSCC4CCCCC4C(C=C17)CC1C64C(=O)OC(=C(O)C6CCC7C8CC(CN7C6C6CCC7(CCCC7)C6)C(CC2)N3C8)C4(CC5)C12OC(=O)c1c(CCCN)cccc12. The largest absolute Gasteiger partial charge is 0.508 e. The fraction of sp³-hybridized carbons (Fsp3) is 0.758. The summed E-state index contributed by atoms with van der Waals surface area (Å²) in [4.78, 5) is 38.9. The summed E-state index contributed by atoms with van der Waals surface area (Å²) >= 11 is 0. The Morgan fingerprint density at radius 2 is 1.72 bits per heavy atom. The van der Waals surface area contributed by atoms with Gasteiger partial charge in [0.25, 0.3) is 0 Å². The number of aryl methyl sites for hydroxylation is 1. The molecule has 18 rings (SSSR count). The highest BCUT2D eigenvalue weighted by Crippen LogP contribution is 2.90. The van der Waals surface area contributed by atoms with Gasteiger partial charge in [-0.25, -0.2) is 4.79 Å². The number of benzene rings is 1. The van der Waals surface area contributed by atoms with Crippen LogP contribution >= 0.6 is 21.6 Å². The molecule has 19 unspecified atom stereocenters. The third kappa shape index (κ3) is 5.46.